The van der Waals surface area contributed by atoms with Gasteiger partial charge in [0, 0.05) is 25.2 Å². The minimum Gasteiger partial charge on any atom is -0.482 e. The summed E-state index contributed by atoms with van der Waals surface area (Å²) < 4.78 is 5.61. The van der Waals surface area contributed by atoms with Crippen LogP contribution in [0.3, 0.4) is 0 Å². The Hall–Kier alpha value is -3.31. The number of carbonyl (C=O) groups excluding carboxylic acids is 2. The highest BCUT2D eigenvalue weighted by molar-refractivity contribution is 6.32. The summed E-state index contributed by atoms with van der Waals surface area (Å²) in [4.78, 5) is 26.9. The van der Waals surface area contributed by atoms with E-state index >= 15 is 0 Å². The van der Waals surface area contributed by atoms with Crippen LogP contribution in [-0.2, 0) is 11.3 Å². The Bertz CT molecular complexity index is 1110. The Morgan fingerprint density at radius 2 is 1.67 bits per heavy atom. The van der Waals surface area contributed by atoms with Gasteiger partial charge in [0.2, 0.25) is 0 Å². The molecule has 1 aliphatic heterocycles. The van der Waals surface area contributed by atoms with Crippen molar-refractivity contribution in [3.8, 4) is 16.9 Å². The van der Waals surface area contributed by atoms with E-state index < -0.39 is 0 Å². The molecule has 1 N–H and O–H groups in total. The highest BCUT2D eigenvalue weighted by Gasteiger charge is 2.18. The van der Waals surface area contributed by atoms with Gasteiger partial charge in [0.25, 0.3) is 11.8 Å². The molecule has 0 unspecified atom stereocenters. The van der Waals surface area contributed by atoms with Crippen LogP contribution >= 0.6 is 11.6 Å². The molecule has 0 radical (unpaired) electrons. The summed E-state index contributed by atoms with van der Waals surface area (Å²) in [5.41, 5.74) is 3.57. The highest BCUT2D eigenvalue weighted by Crippen LogP contribution is 2.30. The number of halogens is 1. The number of hydrogen-bond donors (Lipinski definition) is 1. The Balaban J connectivity index is 1.29. The number of nitrogens with one attached hydrogen (secondary N) is 1. The Morgan fingerprint density at radius 1 is 0.879 bits per heavy atom. The zero-order valence-corrected chi connectivity index (χ0v) is 19.2. The predicted octanol–water partition coefficient (Wildman–Crippen LogP) is 5.33. The van der Waals surface area contributed by atoms with Gasteiger partial charge in [0.15, 0.2) is 6.61 Å². The van der Waals surface area contributed by atoms with Gasteiger partial charge in [-0.05, 0) is 60.2 Å². The van der Waals surface area contributed by atoms with Crippen LogP contribution in [0.15, 0.2) is 72.8 Å². The molecule has 1 saturated heterocycles. The van der Waals surface area contributed by atoms with Crippen molar-refractivity contribution in [2.75, 3.05) is 19.7 Å². The third-order valence-electron chi connectivity index (χ3n) is 5.70. The van der Waals surface area contributed by atoms with Crippen molar-refractivity contribution < 1.29 is 14.3 Å². The zero-order valence-electron chi connectivity index (χ0n) is 18.4. The van der Waals surface area contributed by atoms with Gasteiger partial charge in [-0.1, -0.05) is 60.1 Å². The molecular weight excluding hydrogens is 436 g/mol. The normalized spacial score (nSPS) is 13.4. The highest BCUT2D eigenvalue weighted by atomic mass is 35.5. The maximum atomic E-state index is 12.7. The Morgan fingerprint density at radius 3 is 2.42 bits per heavy atom. The van der Waals surface area contributed by atoms with E-state index in [4.69, 9.17) is 16.3 Å². The lowest BCUT2D eigenvalue weighted by molar-refractivity contribution is -0.123. The van der Waals surface area contributed by atoms with Crippen molar-refractivity contribution in [1.82, 2.24) is 10.2 Å². The van der Waals surface area contributed by atoms with Crippen LogP contribution in [0, 0.1) is 0 Å². The Kier molecular flexibility index (Phi) is 7.63. The number of amides is 2. The first-order valence-corrected chi connectivity index (χ1v) is 11.6. The van der Waals surface area contributed by atoms with Crippen LogP contribution in [0.4, 0.5) is 0 Å². The number of hydrogen-bond acceptors (Lipinski definition) is 3. The summed E-state index contributed by atoms with van der Waals surface area (Å²) >= 11 is 6.35. The fourth-order valence-corrected chi connectivity index (χ4v) is 4.15. The summed E-state index contributed by atoms with van der Waals surface area (Å²) in [7, 11) is 0. The van der Waals surface area contributed by atoms with Crippen LogP contribution in [0.2, 0.25) is 5.02 Å². The van der Waals surface area contributed by atoms with Crippen molar-refractivity contribution >= 4 is 23.4 Å². The predicted molar refractivity (Wildman–Crippen MR) is 130 cm³/mol. The first-order chi connectivity index (χ1) is 16.1. The minimum absolute atomic E-state index is 0.0554. The van der Waals surface area contributed by atoms with E-state index in [1.807, 2.05) is 71.6 Å². The van der Waals surface area contributed by atoms with Gasteiger partial charge in [-0.2, -0.15) is 0 Å². The van der Waals surface area contributed by atoms with Crippen LogP contribution in [0.25, 0.3) is 11.1 Å². The monoisotopic (exact) mass is 462 g/mol. The number of benzene rings is 3. The summed E-state index contributed by atoms with van der Waals surface area (Å²) in [6.45, 7) is 1.80. The third-order valence-corrected chi connectivity index (χ3v) is 6.00. The first-order valence-electron chi connectivity index (χ1n) is 11.2. The fraction of sp³-hybridized carbons (Fsp3) is 0.259. The second-order valence-electron chi connectivity index (χ2n) is 8.13. The molecule has 0 bridgehead atoms. The molecule has 3 aromatic rings. The quantitative estimate of drug-likeness (QED) is 0.516. The summed E-state index contributed by atoms with van der Waals surface area (Å²) in [5.74, 6) is 0.256. The van der Waals surface area contributed by atoms with E-state index in [0.29, 0.717) is 22.9 Å². The third kappa shape index (κ3) is 6.14. The van der Waals surface area contributed by atoms with Gasteiger partial charge in [-0.25, -0.2) is 0 Å². The lowest BCUT2D eigenvalue weighted by Gasteiger charge is -2.26. The molecule has 0 aliphatic carbocycles. The molecule has 3 aromatic carbocycles. The van der Waals surface area contributed by atoms with Gasteiger partial charge < -0.3 is 15.0 Å². The fourth-order valence-electron chi connectivity index (χ4n) is 3.92. The molecule has 1 heterocycles. The lowest BCUT2D eigenvalue weighted by atomic mass is 10.1. The summed E-state index contributed by atoms with van der Waals surface area (Å²) in [6, 6.07) is 22.9. The summed E-state index contributed by atoms with van der Waals surface area (Å²) in [5, 5.41) is 3.29. The molecule has 0 saturated carbocycles. The molecule has 6 heteroatoms. The van der Waals surface area contributed by atoms with Crippen LogP contribution in [-0.4, -0.2) is 36.4 Å². The molecule has 33 heavy (non-hydrogen) atoms. The molecule has 4 rings (SSSR count). The number of likely N-dealkylation sites (tertiary alicyclic amines) is 1. The van der Waals surface area contributed by atoms with Crippen molar-refractivity contribution in [3.05, 3.63) is 88.9 Å². The van der Waals surface area contributed by atoms with Crippen LogP contribution in [0.1, 0.15) is 35.2 Å². The first kappa shape index (κ1) is 22.9. The molecule has 170 valence electrons. The molecule has 0 aromatic heterocycles. The zero-order chi connectivity index (χ0) is 23.0. The van der Waals surface area contributed by atoms with Crippen molar-refractivity contribution in [1.29, 1.82) is 0 Å². The number of rotatable bonds is 7. The summed E-state index contributed by atoms with van der Waals surface area (Å²) in [6.07, 6.45) is 3.29. The van der Waals surface area contributed by atoms with E-state index in [0.717, 1.165) is 42.6 Å². The molecule has 0 spiro atoms. The average molecular weight is 463 g/mol. The van der Waals surface area contributed by atoms with Crippen molar-refractivity contribution in [3.63, 3.8) is 0 Å². The second-order valence-corrected chi connectivity index (χ2v) is 8.54. The molecule has 5 nitrogen and oxygen atoms in total. The number of ether oxygens (including phenoxy) is 1. The largest absolute Gasteiger partial charge is 0.482 e. The molecule has 2 amide bonds. The van der Waals surface area contributed by atoms with Gasteiger partial charge in [0.05, 0.1) is 5.02 Å². The Labute approximate surface area is 199 Å². The number of nitrogens with zero attached hydrogens (tertiary/aromatic N) is 1. The van der Waals surface area contributed by atoms with E-state index in [9.17, 15) is 9.59 Å². The molecule has 0 atom stereocenters. The van der Waals surface area contributed by atoms with Crippen LogP contribution < -0.4 is 10.1 Å². The van der Waals surface area contributed by atoms with E-state index in [2.05, 4.69) is 5.32 Å². The number of carbonyl (C=O) groups is 2. The standard InChI is InChI=1S/C27H27ClN2O3/c28-24-17-22(21-9-3-1-4-10-21)12-13-25(24)33-19-26(31)29-18-20-8-7-11-23(16-20)27(32)30-14-5-2-6-15-30/h1,3-4,7-13,16-17H,2,5-6,14-15,18-19H2,(H,29,31). The molecular formula is C27H27ClN2O3. The minimum atomic E-state index is -0.258. The SMILES string of the molecule is O=C(COc1ccc(-c2ccccc2)cc1Cl)NCc1cccc(C(=O)N2CCCCC2)c1. The molecule has 1 aliphatic rings. The van der Waals surface area contributed by atoms with Crippen LogP contribution in [0.5, 0.6) is 5.75 Å². The van der Waals surface area contributed by atoms with Gasteiger partial charge in [0.1, 0.15) is 5.75 Å². The van der Waals surface area contributed by atoms with Gasteiger partial charge in [-0.3, -0.25) is 9.59 Å². The van der Waals surface area contributed by atoms with Gasteiger partial charge in [-0.15, -0.1) is 0 Å². The lowest BCUT2D eigenvalue weighted by Crippen LogP contribution is -2.35. The van der Waals surface area contributed by atoms with Crippen molar-refractivity contribution in [2.24, 2.45) is 0 Å². The second kappa shape index (κ2) is 11.0. The molecule has 1 fully saturated rings. The van der Waals surface area contributed by atoms with E-state index in [1.165, 1.54) is 6.42 Å². The topological polar surface area (TPSA) is 58.6 Å². The van der Waals surface area contributed by atoms with Gasteiger partial charge >= 0.3 is 0 Å². The average Bonchev–Trinajstić information content (AvgIpc) is 2.87. The maximum Gasteiger partial charge on any atom is 0.258 e. The number of piperidine rings is 1. The maximum absolute atomic E-state index is 12.7. The van der Waals surface area contributed by atoms with Crippen molar-refractivity contribution in [2.45, 2.75) is 25.8 Å². The smallest absolute Gasteiger partial charge is 0.258 e. The van der Waals surface area contributed by atoms with E-state index in [-0.39, 0.29) is 18.4 Å². The van der Waals surface area contributed by atoms with E-state index in [1.54, 1.807) is 6.07 Å².